The van der Waals surface area contributed by atoms with E-state index in [2.05, 4.69) is 4.72 Å². The molecule has 108 valence electrons. The number of nitriles is 1. The average molecular weight is 342 g/mol. The van der Waals surface area contributed by atoms with E-state index in [1.54, 1.807) is 6.07 Å². The Morgan fingerprint density at radius 1 is 1.19 bits per heavy atom. The molecule has 0 spiro atoms. The number of anilines is 2. The minimum absolute atomic E-state index is 0.0281. The zero-order valence-corrected chi connectivity index (χ0v) is 12.8. The number of nitrogens with two attached hydrogens (primary N) is 1. The minimum atomic E-state index is -3.94. The highest BCUT2D eigenvalue weighted by Gasteiger charge is 2.19. The van der Waals surface area contributed by atoms with Crippen molar-refractivity contribution in [1.29, 1.82) is 5.26 Å². The van der Waals surface area contributed by atoms with Crippen molar-refractivity contribution in [2.24, 2.45) is 0 Å². The number of halogens is 2. The standard InChI is InChI=1S/C13H9Cl2N3O2S/c14-9-2-1-3-11(13(9)15)18-21(19,20)12-5-4-8(7-16)6-10(12)17/h1-6,18H,17H2. The highest BCUT2D eigenvalue weighted by atomic mass is 35.5. The summed E-state index contributed by atoms with van der Waals surface area (Å²) in [6, 6.07) is 10.4. The Hall–Kier alpha value is -1.94. The third-order valence-electron chi connectivity index (χ3n) is 2.62. The van der Waals surface area contributed by atoms with Gasteiger partial charge in [0.15, 0.2) is 0 Å². The van der Waals surface area contributed by atoms with Gasteiger partial charge in [0.1, 0.15) is 4.90 Å². The summed E-state index contributed by atoms with van der Waals surface area (Å²) in [7, 11) is -3.94. The van der Waals surface area contributed by atoms with Gasteiger partial charge in [-0.15, -0.1) is 0 Å². The minimum Gasteiger partial charge on any atom is -0.398 e. The molecule has 8 heteroatoms. The van der Waals surface area contributed by atoms with E-state index in [0.29, 0.717) is 0 Å². The van der Waals surface area contributed by atoms with Gasteiger partial charge in [0.05, 0.1) is 33.1 Å². The maximum atomic E-state index is 12.3. The second kappa shape index (κ2) is 5.82. The molecule has 0 aliphatic heterocycles. The van der Waals surface area contributed by atoms with Crippen molar-refractivity contribution in [1.82, 2.24) is 0 Å². The maximum absolute atomic E-state index is 12.3. The van der Waals surface area contributed by atoms with Gasteiger partial charge in [-0.2, -0.15) is 5.26 Å². The van der Waals surface area contributed by atoms with Gasteiger partial charge in [-0.05, 0) is 30.3 Å². The lowest BCUT2D eigenvalue weighted by Gasteiger charge is -2.12. The number of benzene rings is 2. The van der Waals surface area contributed by atoms with Crippen LogP contribution < -0.4 is 10.5 Å². The first-order valence-electron chi connectivity index (χ1n) is 5.61. The molecule has 5 nitrogen and oxygen atoms in total. The lowest BCUT2D eigenvalue weighted by Crippen LogP contribution is -2.15. The van der Waals surface area contributed by atoms with E-state index in [9.17, 15) is 8.42 Å². The van der Waals surface area contributed by atoms with Crippen LogP contribution in [0.15, 0.2) is 41.3 Å². The highest BCUT2D eigenvalue weighted by Crippen LogP contribution is 2.32. The highest BCUT2D eigenvalue weighted by molar-refractivity contribution is 7.92. The van der Waals surface area contributed by atoms with Crippen LogP contribution in [0.3, 0.4) is 0 Å². The molecule has 0 saturated heterocycles. The van der Waals surface area contributed by atoms with Gasteiger partial charge >= 0.3 is 0 Å². The Morgan fingerprint density at radius 3 is 2.52 bits per heavy atom. The van der Waals surface area contributed by atoms with Gasteiger partial charge < -0.3 is 5.73 Å². The molecule has 0 radical (unpaired) electrons. The molecule has 3 N–H and O–H groups in total. The number of nitrogens with zero attached hydrogens (tertiary/aromatic N) is 1. The van der Waals surface area contributed by atoms with Crippen LogP contribution >= 0.6 is 23.2 Å². The van der Waals surface area contributed by atoms with E-state index in [0.717, 1.165) is 0 Å². The zero-order valence-electron chi connectivity index (χ0n) is 10.5. The quantitative estimate of drug-likeness (QED) is 0.837. The van der Waals surface area contributed by atoms with E-state index in [-0.39, 0.29) is 31.9 Å². The summed E-state index contributed by atoms with van der Waals surface area (Å²) in [4.78, 5) is -0.141. The predicted molar refractivity (Wildman–Crippen MR) is 82.8 cm³/mol. The third-order valence-corrected chi connectivity index (χ3v) is 4.88. The van der Waals surface area contributed by atoms with Crippen LogP contribution in [0.5, 0.6) is 0 Å². The fourth-order valence-corrected chi connectivity index (χ4v) is 3.23. The number of nitrogen functional groups attached to an aromatic ring is 1. The topological polar surface area (TPSA) is 96.0 Å². The number of hydrogen-bond donors (Lipinski definition) is 2. The number of nitrogens with one attached hydrogen (secondary N) is 1. The molecule has 0 unspecified atom stereocenters. The summed E-state index contributed by atoms with van der Waals surface area (Å²) in [5, 5.41) is 9.07. The summed E-state index contributed by atoms with van der Waals surface area (Å²) in [5.41, 5.74) is 6.06. The van der Waals surface area contributed by atoms with Gasteiger partial charge in [0.25, 0.3) is 10.0 Å². The van der Waals surface area contributed by atoms with Crippen molar-refractivity contribution in [2.45, 2.75) is 4.90 Å². The first-order valence-corrected chi connectivity index (χ1v) is 7.85. The van der Waals surface area contributed by atoms with Crippen molar-refractivity contribution < 1.29 is 8.42 Å². The zero-order chi connectivity index (χ0) is 15.6. The smallest absolute Gasteiger partial charge is 0.263 e. The average Bonchev–Trinajstić information content (AvgIpc) is 2.43. The molecule has 0 aliphatic rings. The molecule has 0 heterocycles. The lowest BCUT2D eigenvalue weighted by molar-refractivity contribution is 0.601. The van der Waals surface area contributed by atoms with Crippen molar-refractivity contribution in [2.75, 3.05) is 10.5 Å². The fraction of sp³-hybridized carbons (Fsp3) is 0. The number of sulfonamides is 1. The van der Waals surface area contributed by atoms with E-state index in [4.69, 9.17) is 34.2 Å². The lowest BCUT2D eigenvalue weighted by atomic mass is 10.2. The van der Waals surface area contributed by atoms with Crippen LogP contribution in [0.4, 0.5) is 11.4 Å². The molecule has 2 aromatic rings. The molecule has 2 aromatic carbocycles. The largest absolute Gasteiger partial charge is 0.398 e. The molecular formula is C13H9Cl2N3O2S. The van der Waals surface area contributed by atoms with Crippen LogP contribution in [-0.4, -0.2) is 8.42 Å². The molecule has 0 atom stereocenters. The summed E-state index contributed by atoms with van der Waals surface area (Å²) < 4.78 is 26.9. The predicted octanol–water partition coefficient (Wildman–Crippen LogP) is 3.25. The molecule has 2 rings (SSSR count). The molecule has 0 saturated carbocycles. The normalized spacial score (nSPS) is 10.9. The monoisotopic (exact) mass is 341 g/mol. The molecule has 0 amide bonds. The molecule has 0 aliphatic carbocycles. The first kappa shape index (κ1) is 15.4. The maximum Gasteiger partial charge on any atom is 0.263 e. The van der Waals surface area contributed by atoms with Crippen molar-refractivity contribution in [3.8, 4) is 6.07 Å². The van der Waals surface area contributed by atoms with Gasteiger partial charge in [-0.25, -0.2) is 8.42 Å². The summed E-state index contributed by atoms with van der Waals surface area (Å²) in [6.45, 7) is 0. The van der Waals surface area contributed by atoms with Crippen molar-refractivity contribution in [3.63, 3.8) is 0 Å². The molecule has 0 bridgehead atoms. The van der Waals surface area contributed by atoms with Crippen LogP contribution in [0.1, 0.15) is 5.56 Å². The van der Waals surface area contributed by atoms with E-state index in [1.807, 2.05) is 6.07 Å². The van der Waals surface area contributed by atoms with Crippen LogP contribution in [0.2, 0.25) is 10.0 Å². The third kappa shape index (κ3) is 3.22. The van der Waals surface area contributed by atoms with E-state index in [1.165, 1.54) is 30.3 Å². The molecule has 0 fully saturated rings. The van der Waals surface area contributed by atoms with Crippen LogP contribution in [0.25, 0.3) is 0 Å². The number of rotatable bonds is 3. The Morgan fingerprint density at radius 2 is 1.90 bits per heavy atom. The second-order valence-electron chi connectivity index (χ2n) is 4.07. The van der Waals surface area contributed by atoms with E-state index >= 15 is 0 Å². The number of hydrogen-bond acceptors (Lipinski definition) is 4. The Balaban J connectivity index is 2.44. The van der Waals surface area contributed by atoms with Crippen molar-refractivity contribution in [3.05, 3.63) is 52.0 Å². The van der Waals surface area contributed by atoms with E-state index < -0.39 is 10.0 Å². The van der Waals surface area contributed by atoms with Gasteiger partial charge in [-0.3, -0.25) is 4.72 Å². The molecule has 21 heavy (non-hydrogen) atoms. The first-order chi connectivity index (χ1) is 9.85. The SMILES string of the molecule is N#Cc1ccc(S(=O)(=O)Nc2cccc(Cl)c2Cl)c(N)c1. The Bertz CT molecular complexity index is 845. The van der Waals surface area contributed by atoms with Crippen molar-refractivity contribution >= 4 is 44.6 Å². The van der Waals surface area contributed by atoms with Gasteiger partial charge in [0.2, 0.25) is 0 Å². The van der Waals surface area contributed by atoms with Crippen LogP contribution in [0, 0.1) is 11.3 Å². The summed E-state index contributed by atoms with van der Waals surface area (Å²) >= 11 is 11.8. The second-order valence-corrected chi connectivity index (χ2v) is 6.51. The van der Waals surface area contributed by atoms with Gasteiger partial charge in [0, 0.05) is 0 Å². The van der Waals surface area contributed by atoms with Crippen LogP contribution in [-0.2, 0) is 10.0 Å². The Kier molecular flexibility index (Phi) is 4.28. The Labute approximate surface area is 132 Å². The molecular weight excluding hydrogens is 333 g/mol. The summed E-state index contributed by atoms with van der Waals surface area (Å²) in [6.07, 6.45) is 0. The fourth-order valence-electron chi connectivity index (χ4n) is 1.65. The molecule has 0 aromatic heterocycles. The van der Waals surface area contributed by atoms with Gasteiger partial charge in [-0.1, -0.05) is 29.3 Å². The summed E-state index contributed by atoms with van der Waals surface area (Å²) in [5.74, 6) is 0.